The summed E-state index contributed by atoms with van der Waals surface area (Å²) in [5.74, 6) is -1.03. The van der Waals surface area contributed by atoms with Gasteiger partial charge in [-0.1, -0.05) is 18.2 Å². The van der Waals surface area contributed by atoms with Crippen molar-refractivity contribution in [2.45, 2.75) is 13.0 Å². The van der Waals surface area contributed by atoms with Gasteiger partial charge >= 0.3 is 5.97 Å². The molecule has 3 aromatic rings. The molecule has 0 spiro atoms. The Hall–Kier alpha value is -3.14. The Morgan fingerprint density at radius 1 is 1.26 bits per heavy atom. The summed E-state index contributed by atoms with van der Waals surface area (Å²) in [6.07, 6.45) is 0.348. The number of nitrogens with one attached hydrogen (secondary N) is 1. The Bertz CT molecular complexity index is 913. The van der Waals surface area contributed by atoms with Gasteiger partial charge in [0.25, 0.3) is 5.91 Å². The van der Waals surface area contributed by atoms with Crippen LogP contribution in [-0.2, 0) is 27.3 Å². The number of thiophene rings is 1. The molecule has 8 nitrogen and oxygen atoms in total. The highest BCUT2D eigenvalue weighted by atomic mass is 32.1. The molecular weight excluding hydrogens is 373 g/mol. The van der Waals surface area contributed by atoms with Gasteiger partial charge in [-0.3, -0.25) is 4.79 Å². The van der Waals surface area contributed by atoms with Crippen molar-refractivity contribution in [3.8, 4) is 11.4 Å². The monoisotopic (exact) mass is 389 g/mol. The predicted molar refractivity (Wildman–Crippen MR) is 95.2 cm³/mol. The molecule has 0 aliphatic rings. The molecule has 0 saturated carbocycles. The standard InChI is InChI=1S/C17H16FN5O3S/c18-14-4-2-1-3-12(14)5-7-19-15(24)10-26-16(25)9-23-21-17(20-22-23)13-6-8-27-11-13/h1-4,6,8,11H,5,7,9-10H2,(H,19,24). The first kappa shape index (κ1) is 18.6. The maximum atomic E-state index is 13.5. The van der Waals surface area contributed by atoms with E-state index in [0.29, 0.717) is 17.8 Å². The lowest BCUT2D eigenvalue weighted by Crippen LogP contribution is -2.31. The summed E-state index contributed by atoms with van der Waals surface area (Å²) in [5.41, 5.74) is 1.32. The summed E-state index contributed by atoms with van der Waals surface area (Å²) in [6.45, 7) is -0.437. The smallest absolute Gasteiger partial charge is 0.330 e. The Kier molecular flexibility index (Phi) is 6.21. The van der Waals surface area contributed by atoms with E-state index >= 15 is 0 Å². The molecule has 0 aliphatic heterocycles. The fourth-order valence-electron chi connectivity index (χ4n) is 2.21. The molecule has 0 fully saturated rings. The summed E-state index contributed by atoms with van der Waals surface area (Å²) in [5, 5.41) is 18.0. The third-order valence-corrected chi connectivity index (χ3v) is 4.22. The zero-order valence-electron chi connectivity index (χ0n) is 14.2. The zero-order chi connectivity index (χ0) is 19.1. The van der Waals surface area contributed by atoms with E-state index in [4.69, 9.17) is 4.74 Å². The van der Waals surface area contributed by atoms with Crippen LogP contribution >= 0.6 is 11.3 Å². The van der Waals surface area contributed by atoms with Gasteiger partial charge < -0.3 is 10.1 Å². The molecule has 0 aliphatic carbocycles. The van der Waals surface area contributed by atoms with Crippen LogP contribution in [-0.4, -0.2) is 45.2 Å². The van der Waals surface area contributed by atoms with Crippen molar-refractivity contribution in [3.05, 3.63) is 52.5 Å². The van der Waals surface area contributed by atoms with E-state index in [9.17, 15) is 14.0 Å². The minimum atomic E-state index is -0.659. The average molecular weight is 389 g/mol. The van der Waals surface area contributed by atoms with Crippen LogP contribution in [0.4, 0.5) is 4.39 Å². The second-order valence-electron chi connectivity index (χ2n) is 5.51. The van der Waals surface area contributed by atoms with Crippen molar-refractivity contribution in [3.63, 3.8) is 0 Å². The van der Waals surface area contributed by atoms with Gasteiger partial charge in [0.05, 0.1) is 0 Å². The highest BCUT2D eigenvalue weighted by Gasteiger charge is 2.12. The molecule has 2 aromatic heterocycles. The van der Waals surface area contributed by atoms with E-state index in [2.05, 4.69) is 20.7 Å². The van der Waals surface area contributed by atoms with Gasteiger partial charge in [0.1, 0.15) is 5.82 Å². The van der Waals surface area contributed by atoms with Crippen LogP contribution in [0.1, 0.15) is 5.56 Å². The van der Waals surface area contributed by atoms with Gasteiger partial charge in [-0.25, -0.2) is 9.18 Å². The number of esters is 1. The Labute approximate surface area is 158 Å². The van der Waals surface area contributed by atoms with Crippen molar-refractivity contribution in [2.75, 3.05) is 13.2 Å². The van der Waals surface area contributed by atoms with Gasteiger partial charge in [-0.2, -0.15) is 16.1 Å². The SMILES string of the molecule is O=C(COC(=O)Cn1nnc(-c2ccsc2)n1)NCCc1ccccc1F. The van der Waals surface area contributed by atoms with Crippen molar-refractivity contribution in [2.24, 2.45) is 0 Å². The van der Waals surface area contributed by atoms with Gasteiger partial charge in [-0.05, 0) is 34.7 Å². The molecule has 1 N–H and O–H groups in total. The highest BCUT2D eigenvalue weighted by molar-refractivity contribution is 7.08. The van der Waals surface area contributed by atoms with Gasteiger partial charge in [0.15, 0.2) is 13.2 Å². The minimum Gasteiger partial charge on any atom is -0.454 e. The third-order valence-electron chi connectivity index (χ3n) is 3.54. The second kappa shape index (κ2) is 8.99. The van der Waals surface area contributed by atoms with Crippen molar-refractivity contribution in [1.29, 1.82) is 0 Å². The van der Waals surface area contributed by atoms with Gasteiger partial charge in [0, 0.05) is 17.5 Å². The molecule has 1 aromatic carbocycles. The first-order valence-electron chi connectivity index (χ1n) is 8.08. The minimum absolute atomic E-state index is 0.242. The number of carbonyl (C=O) groups is 2. The summed E-state index contributed by atoms with van der Waals surface area (Å²) >= 11 is 1.50. The van der Waals surface area contributed by atoms with Crippen LogP contribution in [0.3, 0.4) is 0 Å². The van der Waals surface area contributed by atoms with E-state index in [1.807, 2.05) is 16.8 Å². The number of carbonyl (C=O) groups excluding carboxylic acids is 2. The van der Waals surface area contributed by atoms with E-state index in [-0.39, 0.29) is 18.9 Å². The molecule has 0 radical (unpaired) electrons. The number of benzene rings is 1. The molecule has 0 unspecified atom stereocenters. The number of hydrogen-bond acceptors (Lipinski definition) is 7. The number of halogens is 1. The van der Waals surface area contributed by atoms with Crippen molar-refractivity contribution >= 4 is 23.2 Å². The lowest BCUT2D eigenvalue weighted by molar-refractivity contribution is -0.149. The van der Waals surface area contributed by atoms with Crippen LogP contribution < -0.4 is 5.32 Å². The van der Waals surface area contributed by atoms with Crippen molar-refractivity contribution in [1.82, 2.24) is 25.5 Å². The third kappa shape index (κ3) is 5.42. The molecule has 0 saturated heterocycles. The highest BCUT2D eigenvalue weighted by Crippen LogP contribution is 2.16. The number of nitrogens with zero attached hydrogens (tertiary/aromatic N) is 4. The van der Waals surface area contributed by atoms with Crippen LogP contribution in [0.25, 0.3) is 11.4 Å². The first-order valence-corrected chi connectivity index (χ1v) is 9.02. The predicted octanol–water partition coefficient (Wildman–Crippen LogP) is 1.44. The molecule has 10 heteroatoms. The molecule has 2 heterocycles. The molecule has 0 bridgehead atoms. The maximum Gasteiger partial charge on any atom is 0.330 e. The fourth-order valence-corrected chi connectivity index (χ4v) is 2.85. The van der Waals surface area contributed by atoms with E-state index in [1.165, 1.54) is 17.4 Å². The first-order chi connectivity index (χ1) is 13.1. The Morgan fingerprint density at radius 2 is 2.11 bits per heavy atom. The van der Waals surface area contributed by atoms with Crippen LogP contribution in [0, 0.1) is 5.82 Å². The summed E-state index contributed by atoms with van der Waals surface area (Å²) in [4.78, 5) is 24.6. The van der Waals surface area contributed by atoms with Gasteiger partial charge in [0.2, 0.25) is 5.82 Å². The van der Waals surface area contributed by atoms with Crippen LogP contribution in [0.5, 0.6) is 0 Å². The molecule has 0 atom stereocenters. The Balaban J connectivity index is 1.37. The van der Waals surface area contributed by atoms with Crippen LogP contribution in [0.15, 0.2) is 41.1 Å². The number of rotatable bonds is 8. The quantitative estimate of drug-likeness (QED) is 0.586. The van der Waals surface area contributed by atoms with Crippen molar-refractivity contribution < 1.29 is 18.7 Å². The maximum absolute atomic E-state index is 13.5. The number of hydrogen-bond donors (Lipinski definition) is 1. The van der Waals surface area contributed by atoms with Gasteiger partial charge in [-0.15, -0.1) is 10.2 Å². The number of aromatic nitrogens is 4. The number of amides is 1. The second-order valence-corrected chi connectivity index (χ2v) is 6.29. The summed E-state index contributed by atoms with van der Waals surface area (Å²) < 4.78 is 18.3. The number of tetrazole rings is 1. The lowest BCUT2D eigenvalue weighted by Gasteiger charge is -2.07. The molecule has 1 amide bonds. The zero-order valence-corrected chi connectivity index (χ0v) is 15.0. The summed E-state index contributed by atoms with van der Waals surface area (Å²) in [6, 6.07) is 8.18. The average Bonchev–Trinajstić information content (AvgIpc) is 3.33. The molecule has 3 rings (SSSR count). The van der Waals surface area contributed by atoms with E-state index in [1.54, 1.807) is 18.2 Å². The lowest BCUT2D eigenvalue weighted by atomic mass is 10.1. The summed E-state index contributed by atoms with van der Waals surface area (Å²) in [7, 11) is 0. The number of ether oxygens (including phenoxy) is 1. The van der Waals surface area contributed by atoms with E-state index < -0.39 is 18.5 Å². The van der Waals surface area contributed by atoms with E-state index in [0.717, 1.165) is 10.4 Å². The normalized spacial score (nSPS) is 10.6. The molecule has 27 heavy (non-hydrogen) atoms. The largest absolute Gasteiger partial charge is 0.454 e. The fraction of sp³-hybridized carbons (Fsp3) is 0.235. The topological polar surface area (TPSA) is 99.0 Å². The molecular formula is C17H16FN5O3S. The van der Waals surface area contributed by atoms with Crippen LogP contribution in [0.2, 0.25) is 0 Å². The Morgan fingerprint density at radius 3 is 2.89 bits per heavy atom. The molecule has 140 valence electrons.